The van der Waals surface area contributed by atoms with E-state index in [-0.39, 0.29) is 18.5 Å². The molecule has 0 radical (unpaired) electrons. The van der Waals surface area contributed by atoms with Gasteiger partial charge in [-0.05, 0) is 57.8 Å². The molecule has 0 rings (SSSR count). The van der Waals surface area contributed by atoms with Gasteiger partial charge in [-0.25, -0.2) is 0 Å². The third-order valence-corrected chi connectivity index (χ3v) is 12.0. The van der Waals surface area contributed by atoms with Crippen molar-refractivity contribution in [2.75, 3.05) is 13.2 Å². The molecule has 1 amide bonds. The molecule has 0 saturated heterocycles. The van der Waals surface area contributed by atoms with Gasteiger partial charge in [0.25, 0.3) is 0 Å². The highest BCUT2D eigenvalue weighted by molar-refractivity contribution is 5.76. The van der Waals surface area contributed by atoms with Gasteiger partial charge in [0.1, 0.15) is 0 Å². The molecule has 2 atom stereocenters. The number of amides is 1. The molecule has 6 nitrogen and oxygen atoms in total. The summed E-state index contributed by atoms with van der Waals surface area (Å²) in [5.74, 6) is -0.0826. The lowest BCUT2D eigenvalue weighted by Gasteiger charge is -2.20. The number of nitrogens with one attached hydrogen (secondary N) is 1. The summed E-state index contributed by atoms with van der Waals surface area (Å²) in [5, 5.41) is 23.0. The zero-order valence-corrected chi connectivity index (χ0v) is 39.5. The highest BCUT2D eigenvalue weighted by atomic mass is 16.5. The molecule has 0 heterocycles. The third kappa shape index (κ3) is 45.7. The van der Waals surface area contributed by atoms with E-state index in [4.69, 9.17) is 4.74 Å². The first-order chi connectivity index (χ1) is 29.0. The van der Waals surface area contributed by atoms with E-state index in [2.05, 4.69) is 31.3 Å². The topological polar surface area (TPSA) is 95.9 Å². The fourth-order valence-electron chi connectivity index (χ4n) is 7.92. The first-order valence-corrected chi connectivity index (χ1v) is 26.1. The smallest absolute Gasteiger partial charge is 0.305 e. The van der Waals surface area contributed by atoms with Gasteiger partial charge in [-0.15, -0.1) is 0 Å². The Bertz CT molecular complexity index is 920. The Kier molecular flexibility index (Phi) is 47.6. The molecule has 0 bridgehead atoms. The highest BCUT2D eigenvalue weighted by Gasteiger charge is 2.18. The summed E-state index contributed by atoms with van der Waals surface area (Å²) in [7, 11) is 0. The van der Waals surface area contributed by atoms with Crippen LogP contribution in [0.2, 0.25) is 0 Å². The second-order valence-electron chi connectivity index (χ2n) is 17.9. The van der Waals surface area contributed by atoms with Crippen molar-refractivity contribution in [2.24, 2.45) is 0 Å². The van der Waals surface area contributed by atoms with Gasteiger partial charge in [0, 0.05) is 12.8 Å². The van der Waals surface area contributed by atoms with Crippen LogP contribution < -0.4 is 5.32 Å². The summed E-state index contributed by atoms with van der Waals surface area (Å²) in [4.78, 5) is 24.4. The molecule has 0 fully saturated rings. The second kappa shape index (κ2) is 49.0. The minimum Gasteiger partial charge on any atom is -0.466 e. The van der Waals surface area contributed by atoms with Gasteiger partial charge >= 0.3 is 5.97 Å². The molecule has 3 N–H and O–H groups in total. The Morgan fingerprint density at radius 2 is 0.797 bits per heavy atom. The van der Waals surface area contributed by atoms with Crippen LogP contribution in [-0.4, -0.2) is 47.4 Å². The van der Waals surface area contributed by atoms with Crippen LogP contribution in [0.15, 0.2) is 24.3 Å². The zero-order valence-electron chi connectivity index (χ0n) is 39.5. The predicted molar refractivity (Wildman–Crippen MR) is 255 cm³/mol. The average Bonchev–Trinajstić information content (AvgIpc) is 3.24. The lowest BCUT2D eigenvalue weighted by molar-refractivity contribution is -0.143. The molecular weight excluding hydrogens is 731 g/mol. The summed E-state index contributed by atoms with van der Waals surface area (Å²) in [6.45, 7) is 4.87. The molecule has 348 valence electrons. The van der Waals surface area contributed by atoms with Crippen LogP contribution >= 0.6 is 0 Å². The van der Waals surface area contributed by atoms with Gasteiger partial charge in [0.2, 0.25) is 5.91 Å². The number of carbonyl (C=O) groups is 2. The van der Waals surface area contributed by atoms with Crippen molar-refractivity contribution in [1.29, 1.82) is 0 Å². The molecule has 6 heteroatoms. The number of esters is 1. The van der Waals surface area contributed by atoms with Crippen molar-refractivity contribution < 1.29 is 24.5 Å². The first-order valence-electron chi connectivity index (χ1n) is 26.1. The van der Waals surface area contributed by atoms with E-state index >= 15 is 0 Å². The fourth-order valence-corrected chi connectivity index (χ4v) is 7.92. The Morgan fingerprint density at radius 1 is 0.458 bits per heavy atom. The van der Waals surface area contributed by atoms with Crippen LogP contribution in [0, 0.1) is 0 Å². The lowest BCUT2D eigenvalue weighted by Crippen LogP contribution is -2.45. The largest absolute Gasteiger partial charge is 0.466 e. The van der Waals surface area contributed by atoms with Crippen molar-refractivity contribution in [3.8, 4) is 0 Å². The van der Waals surface area contributed by atoms with E-state index in [9.17, 15) is 19.8 Å². The van der Waals surface area contributed by atoms with Crippen LogP contribution in [0.4, 0.5) is 0 Å². The number of aliphatic hydroxyl groups excluding tert-OH is 2. The van der Waals surface area contributed by atoms with Crippen molar-refractivity contribution >= 4 is 11.9 Å². The highest BCUT2D eigenvalue weighted by Crippen LogP contribution is 2.16. The molecule has 0 aromatic carbocycles. The van der Waals surface area contributed by atoms with Crippen LogP contribution in [0.25, 0.3) is 0 Å². The van der Waals surface area contributed by atoms with Gasteiger partial charge in [-0.2, -0.15) is 0 Å². The van der Waals surface area contributed by atoms with Gasteiger partial charge in [-0.3, -0.25) is 9.59 Å². The standard InChI is InChI=1S/C53H101NO5/c1-3-5-7-9-11-13-15-17-23-27-31-35-39-43-47-53(58)59-48-44-40-36-32-28-24-21-19-18-20-22-26-30-34-38-42-46-52(57)54-50(49-55)51(56)45-41-37-33-29-25-16-14-12-10-8-6-4-2/h15,17,41,45,50-51,55-56H,3-14,16,18-40,42-44,46-49H2,1-2H3,(H,54,57)/b17-15-,45-41+. The quantitative estimate of drug-likeness (QED) is 0.0322. The number of ether oxygens (including phenoxy) is 1. The maximum absolute atomic E-state index is 12.4. The SMILES string of the molecule is CCCCCCC/C=C\CCCCCCCC(=O)OCCCCCCCCCCCCCCCCCCC(=O)NC(CO)C(O)/C=C/CCCCCCCCCCCC. The Morgan fingerprint density at radius 3 is 1.20 bits per heavy atom. The van der Waals surface area contributed by atoms with Crippen LogP contribution in [0.3, 0.4) is 0 Å². The van der Waals surface area contributed by atoms with E-state index in [1.54, 1.807) is 6.08 Å². The second-order valence-corrected chi connectivity index (χ2v) is 17.9. The summed E-state index contributed by atoms with van der Waals surface area (Å²) in [6, 6.07) is -0.631. The van der Waals surface area contributed by atoms with Gasteiger partial charge in [0.15, 0.2) is 0 Å². The Balaban J connectivity index is 3.44. The minimum atomic E-state index is -0.847. The molecule has 0 aromatic heterocycles. The van der Waals surface area contributed by atoms with Gasteiger partial charge in [-0.1, -0.05) is 231 Å². The number of rotatable bonds is 48. The normalized spacial score (nSPS) is 12.8. The molecule has 0 aromatic rings. The summed E-state index contributed by atoms with van der Waals surface area (Å²) in [5.41, 5.74) is 0. The molecule has 59 heavy (non-hydrogen) atoms. The maximum Gasteiger partial charge on any atom is 0.305 e. The van der Waals surface area contributed by atoms with Crippen LogP contribution in [0.1, 0.15) is 277 Å². The third-order valence-electron chi connectivity index (χ3n) is 12.0. The van der Waals surface area contributed by atoms with E-state index < -0.39 is 12.1 Å². The zero-order chi connectivity index (χ0) is 43.0. The average molecular weight is 832 g/mol. The lowest BCUT2D eigenvalue weighted by atomic mass is 10.0. The van der Waals surface area contributed by atoms with E-state index in [0.717, 1.165) is 44.9 Å². The molecular formula is C53H101NO5. The fraction of sp³-hybridized carbons (Fsp3) is 0.887. The molecule has 0 spiro atoms. The monoisotopic (exact) mass is 832 g/mol. The summed E-state index contributed by atoms with van der Waals surface area (Å²) in [6.07, 6.45) is 57.5. The molecule has 0 aliphatic carbocycles. The minimum absolute atomic E-state index is 0.00676. The number of unbranched alkanes of at least 4 members (excludes halogenated alkanes) is 35. The number of hydrogen-bond donors (Lipinski definition) is 3. The first kappa shape index (κ1) is 57.3. The molecule has 0 saturated carbocycles. The van der Waals surface area contributed by atoms with Gasteiger partial charge < -0.3 is 20.3 Å². The number of carbonyl (C=O) groups excluding carboxylic acids is 2. The molecule has 0 aliphatic heterocycles. The van der Waals surface area contributed by atoms with Crippen molar-refractivity contribution in [1.82, 2.24) is 5.32 Å². The van der Waals surface area contributed by atoms with E-state index in [0.29, 0.717) is 19.4 Å². The Hall–Kier alpha value is -1.66. The molecule has 2 unspecified atom stereocenters. The maximum atomic E-state index is 12.4. The van der Waals surface area contributed by atoms with Crippen LogP contribution in [-0.2, 0) is 14.3 Å². The predicted octanol–water partition coefficient (Wildman–Crippen LogP) is 15.5. The van der Waals surface area contributed by atoms with E-state index in [1.165, 1.54) is 205 Å². The van der Waals surface area contributed by atoms with Crippen LogP contribution in [0.5, 0.6) is 0 Å². The van der Waals surface area contributed by atoms with Crippen molar-refractivity contribution in [3.63, 3.8) is 0 Å². The van der Waals surface area contributed by atoms with E-state index in [1.807, 2.05) is 6.08 Å². The number of aliphatic hydroxyl groups is 2. The number of allylic oxidation sites excluding steroid dienone is 3. The van der Waals surface area contributed by atoms with Crippen molar-refractivity contribution in [3.05, 3.63) is 24.3 Å². The summed E-state index contributed by atoms with van der Waals surface area (Å²) < 4.78 is 5.46. The Labute approximate surface area is 367 Å². The van der Waals surface area contributed by atoms with Gasteiger partial charge in [0.05, 0.1) is 25.4 Å². The molecule has 0 aliphatic rings. The summed E-state index contributed by atoms with van der Waals surface area (Å²) >= 11 is 0. The van der Waals surface area contributed by atoms with Crippen molar-refractivity contribution in [2.45, 2.75) is 289 Å². The number of hydrogen-bond acceptors (Lipinski definition) is 5.